The summed E-state index contributed by atoms with van der Waals surface area (Å²) in [6.45, 7) is 4.26. The normalized spacial score (nSPS) is 10.7. The minimum absolute atomic E-state index is 0.146. The van der Waals surface area contributed by atoms with E-state index in [0.29, 0.717) is 29.8 Å². The number of hydrogen-bond acceptors (Lipinski definition) is 5. The van der Waals surface area contributed by atoms with E-state index in [4.69, 9.17) is 4.74 Å². The predicted molar refractivity (Wildman–Crippen MR) is 176 cm³/mol. The van der Waals surface area contributed by atoms with Crippen molar-refractivity contribution in [2.75, 3.05) is 24.7 Å². The van der Waals surface area contributed by atoms with Crippen molar-refractivity contribution >= 4 is 35.2 Å². The van der Waals surface area contributed by atoms with Crippen molar-refractivity contribution in [1.82, 2.24) is 5.32 Å². The molecule has 0 saturated heterocycles. The van der Waals surface area contributed by atoms with Gasteiger partial charge in [0.2, 0.25) is 0 Å². The second-order valence-corrected chi connectivity index (χ2v) is 11.3. The molecule has 0 aliphatic rings. The zero-order valence-electron chi connectivity index (χ0n) is 24.9. The second kappa shape index (κ2) is 15.8. The molecule has 0 atom stereocenters. The van der Waals surface area contributed by atoms with Crippen LogP contribution in [0.4, 0.5) is 5.69 Å². The Morgan fingerprint density at radius 3 is 2.19 bits per heavy atom. The van der Waals surface area contributed by atoms with Crippen molar-refractivity contribution in [3.8, 4) is 22.3 Å². The van der Waals surface area contributed by atoms with Gasteiger partial charge in [0.15, 0.2) is 0 Å². The van der Waals surface area contributed by atoms with Gasteiger partial charge in [-0.15, -0.1) is 11.8 Å². The molecular formula is C36H38N2O4S. The molecule has 6 nitrogen and oxygen atoms in total. The van der Waals surface area contributed by atoms with E-state index in [-0.39, 0.29) is 17.8 Å². The molecule has 4 aromatic carbocycles. The average molecular weight is 595 g/mol. The highest BCUT2D eigenvalue weighted by atomic mass is 32.2. The van der Waals surface area contributed by atoms with Gasteiger partial charge in [0.25, 0.3) is 11.8 Å². The summed E-state index contributed by atoms with van der Waals surface area (Å²) in [6.07, 6.45) is 3.13. The maximum absolute atomic E-state index is 13.5. The fourth-order valence-corrected chi connectivity index (χ4v) is 5.90. The summed E-state index contributed by atoms with van der Waals surface area (Å²) in [5, 5.41) is 5.80. The van der Waals surface area contributed by atoms with E-state index in [2.05, 4.69) is 16.7 Å². The lowest BCUT2D eigenvalue weighted by molar-refractivity contribution is -0.143. The van der Waals surface area contributed by atoms with Crippen LogP contribution < -0.4 is 10.6 Å². The van der Waals surface area contributed by atoms with Gasteiger partial charge in [-0.05, 0) is 85.0 Å². The van der Waals surface area contributed by atoms with Crippen molar-refractivity contribution in [3.63, 3.8) is 0 Å². The Labute approximate surface area is 258 Å². The van der Waals surface area contributed by atoms with E-state index in [1.165, 1.54) is 0 Å². The van der Waals surface area contributed by atoms with Crippen LogP contribution in [-0.4, -0.2) is 37.2 Å². The lowest BCUT2D eigenvalue weighted by Gasteiger charge is -2.16. The summed E-state index contributed by atoms with van der Waals surface area (Å²) in [5.41, 5.74) is 6.35. The van der Waals surface area contributed by atoms with Crippen LogP contribution in [0.5, 0.6) is 0 Å². The van der Waals surface area contributed by atoms with Gasteiger partial charge in [-0.1, -0.05) is 72.6 Å². The van der Waals surface area contributed by atoms with E-state index in [1.54, 1.807) is 30.9 Å². The van der Waals surface area contributed by atoms with Gasteiger partial charge >= 0.3 is 5.97 Å². The molecule has 2 amide bonds. The molecule has 0 heterocycles. The largest absolute Gasteiger partial charge is 0.466 e. The van der Waals surface area contributed by atoms with Crippen LogP contribution in [0.3, 0.4) is 0 Å². The number of amides is 2. The van der Waals surface area contributed by atoms with Gasteiger partial charge in [0.1, 0.15) is 0 Å². The molecule has 2 N–H and O–H groups in total. The molecule has 0 bridgehead atoms. The van der Waals surface area contributed by atoms with E-state index in [0.717, 1.165) is 57.7 Å². The molecule has 0 aliphatic carbocycles. The van der Waals surface area contributed by atoms with Gasteiger partial charge in [-0.2, -0.15) is 0 Å². The van der Waals surface area contributed by atoms with Gasteiger partial charge in [-0.3, -0.25) is 14.4 Å². The molecule has 0 aromatic heterocycles. The molecule has 0 saturated carbocycles. The zero-order chi connectivity index (χ0) is 30.6. The van der Waals surface area contributed by atoms with Crippen LogP contribution in [-0.2, 0) is 9.53 Å². The van der Waals surface area contributed by atoms with Gasteiger partial charge in [0, 0.05) is 35.2 Å². The fourth-order valence-electron chi connectivity index (χ4n) is 4.82. The van der Waals surface area contributed by atoms with Gasteiger partial charge in [-0.25, -0.2) is 0 Å². The Kier molecular flexibility index (Phi) is 11.6. The van der Waals surface area contributed by atoms with Crippen LogP contribution in [0.2, 0.25) is 0 Å². The van der Waals surface area contributed by atoms with E-state index in [9.17, 15) is 14.4 Å². The van der Waals surface area contributed by atoms with Crippen molar-refractivity contribution < 1.29 is 19.1 Å². The number of rotatable bonds is 13. The molecule has 0 radical (unpaired) electrons. The van der Waals surface area contributed by atoms with Gasteiger partial charge in [0.05, 0.1) is 6.61 Å². The molecule has 0 aliphatic heterocycles. The highest BCUT2D eigenvalue weighted by molar-refractivity contribution is 7.99. The number of aryl methyl sites for hydroxylation is 1. The summed E-state index contributed by atoms with van der Waals surface area (Å²) in [6, 6.07) is 29.1. The molecular weight excluding hydrogens is 556 g/mol. The monoisotopic (exact) mass is 594 g/mol. The first-order chi connectivity index (χ1) is 20.9. The minimum Gasteiger partial charge on any atom is -0.466 e. The Morgan fingerprint density at radius 2 is 1.44 bits per heavy atom. The first-order valence-electron chi connectivity index (χ1n) is 14.6. The van der Waals surface area contributed by atoms with E-state index in [1.807, 2.05) is 86.6 Å². The Balaban J connectivity index is 1.55. The van der Waals surface area contributed by atoms with E-state index < -0.39 is 0 Å². The Morgan fingerprint density at radius 1 is 0.744 bits per heavy atom. The smallest absolute Gasteiger partial charge is 0.305 e. The maximum atomic E-state index is 13.5. The minimum atomic E-state index is -0.222. The Bertz CT molecular complexity index is 1570. The lowest BCUT2D eigenvalue weighted by Crippen LogP contribution is -2.19. The van der Waals surface area contributed by atoms with Crippen molar-refractivity contribution in [1.29, 1.82) is 0 Å². The number of ether oxygens (including phenoxy) is 1. The topological polar surface area (TPSA) is 84.5 Å². The summed E-state index contributed by atoms with van der Waals surface area (Å²) in [4.78, 5) is 39.1. The summed E-state index contributed by atoms with van der Waals surface area (Å²) in [5.74, 6) is 0.311. The first kappa shape index (κ1) is 31.6. The SMILES string of the molecule is CCOC(=O)CCCCCSc1ccccc1-c1cc(NC(=O)c2ccccc2-c2ccc(C)cc2)ccc1C(=O)NC. The van der Waals surface area contributed by atoms with Crippen molar-refractivity contribution in [2.24, 2.45) is 0 Å². The van der Waals surface area contributed by atoms with Crippen LogP contribution in [0, 0.1) is 6.92 Å². The molecule has 43 heavy (non-hydrogen) atoms. The lowest BCUT2D eigenvalue weighted by atomic mass is 9.97. The van der Waals surface area contributed by atoms with Crippen LogP contribution in [0.25, 0.3) is 22.3 Å². The third kappa shape index (κ3) is 8.58. The highest BCUT2D eigenvalue weighted by Crippen LogP contribution is 2.36. The number of carbonyl (C=O) groups is 3. The number of hydrogen-bond donors (Lipinski definition) is 2. The third-order valence-electron chi connectivity index (χ3n) is 7.05. The van der Waals surface area contributed by atoms with Crippen molar-refractivity contribution in [2.45, 2.75) is 44.4 Å². The standard InChI is InChI=1S/C36H38N2O4S/c1-4-42-34(39)16-6-5-11-23-43-33-15-10-9-13-29(33)32-24-27(21-22-31(32)35(40)37-3)38-36(41)30-14-8-7-12-28(30)26-19-17-25(2)18-20-26/h7-10,12-15,17-22,24H,4-6,11,16,23H2,1-3H3,(H,37,40)(H,38,41). The number of benzene rings is 4. The molecule has 7 heteroatoms. The third-order valence-corrected chi connectivity index (χ3v) is 8.21. The number of carbonyl (C=O) groups excluding carboxylic acids is 3. The fraction of sp³-hybridized carbons (Fsp3) is 0.250. The summed E-state index contributed by atoms with van der Waals surface area (Å²) >= 11 is 1.72. The second-order valence-electron chi connectivity index (χ2n) is 10.2. The quantitative estimate of drug-likeness (QED) is 0.0927. The van der Waals surface area contributed by atoms with Gasteiger partial charge < -0.3 is 15.4 Å². The van der Waals surface area contributed by atoms with Crippen molar-refractivity contribution in [3.05, 3.63) is 108 Å². The Hall–Kier alpha value is -4.36. The van der Waals surface area contributed by atoms with Crippen LogP contribution in [0.15, 0.2) is 95.9 Å². The number of anilines is 1. The number of thioether (sulfide) groups is 1. The molecule has 0 fully saturated rings. The van der Waals surface area contributed by atoms with E-state index >= 15 is 0 Å². The molecule has 4 rings (SSSR count). The van der Waals surface area contributed by atoms with Crippen LogP contribution >= 0.6 is 11.8 Å². The highest BCUT2D eigenvalue weighted by Gasteiger charge is 2.18. The predicted octanol–water partition coefficient (Wildman–Crippen LogP) is 8.16. The number of esters is 1. The molecule has 0 unspecified atom stereocenters. The zero-order valence-corrected chi connectivity index (χ0v) is 25.8. The molecule has 4 aromatic rings. The first-order valence-corrected chi connectivity index (χ1v) is 15.6. The molecule has 0 spiro atoms. The summed E-state index contributed by atoms with van der Waals surface area (Å²) in [7, 11) is 1.61. The molecule has 222 valence electrons. The summed E-state index contributed by atoms with van der Waals surface area (Å²) < 4.78 is 5.01. The number of unbranched alkanes of at least 4 members (excludes halogenated alkanes) is 2. The van der Waals surface area contributed by atoms with Crippen LogP contribution in [0.1, 0.15) is 58.9 Å². The number of nitrogens with one attached hydrogen (secondary N) is 2. The maximum Gasteiger partial charge on any atom is 0.305 e. The average Bonchev–Trinajstić information content (AvgIpc) is 3.03.